The molecule has 1 heterocycles. The number of nitrogens with two attached hydrogens (primary N) is 1. The molecule has 1 aromatic carbocycles. The maximum atomic E-state index is 5.62. The second-order valence-electron chi connectivity index (χ2n) is 3.32. The maximum Gasteiger partial charge on any atom is 0.0971 e. The fourth-order valence-corrected chi connectivity index (χ4v) is 1.70. The third-order valence-electron chi connectivity index (χ3n) is 2.40. The zero-order valence-corrected chi connectivity index (χ0v) is 7.89. The van der Waals surface area contributed by atoms with Crippen LogP contribution in [-0.4, -0.2) is 10.2 Å². The molecule has 2 aromatic rings. The zero-order valence-electron chi connectivity index (χ0n) is 7.89. The molecule has 3 N–H and O–H groups in total. The van der Waals surface area contributed by atoms with Crippen LogP contribution in [0.3, 0.4) is 0 Å². The summed E-state index contributed by atoms with van der Waals surface area (Å²) in [5.41, 5.74) is 10.1. The van der Waals surface area contributed by atoms with Gasteiger partial charge >= 0.3 is 0 Å². The van der Waals surface area contributed by atoms with Crippen LogP contribution in [0.25, 0.3) is 10.9 Å². The smallest absolute Gasteiger partial charge is 0.0971 e. The van der Waals surface area contributed by atoms with Crippen molar-refractivity contribution in [3.05, 3.63) is 29.0 Å². The third-order valence-corrected chi connectivity index (χ3v) is 2.40. The van der Waals surface area contributed by atoms with Gasteiger partial charge in [-0.3, -0.25) is 5.10 Å². The van der Waals surface area contributed by atoms with E-state index in [1.54, 1.807) is 0 Å². The van der Waals surface area contributed by atoms with Gasteiger partial charge in [0, 0.05) is 17.6 Å². The number of aryl methyl sites for hydroxylation is 2. The van der Waals surface area contributed by atoms with E-state index in [9.17, 15) is 0 Å². The molecule has 3 heteroatoms. The lowest BCUT2D eigenvalue weighted by Gasteiger charge is -2.00. The Morgan fingerprint density at radius 2 is 2.15 bits per heavy atom. The summed E-state index contributed by atoms with van der Waals surface area (Å²) in [7, 11) is 0. The second-order valence-corrected chi connectivity index (χ2v) is 3.32. The van der Waals surface area contributed by atoms with Crippen molar-refractivity contribution in [1.29, 1.82) is 0 Å². The van der Waals surface area contributed by atoms with Gasteiger partial charge in [0.25, 0.3) is 0 Å². The van der Waals surface area contributed by atoms with E-state index in [4.69, 9.17) is 5.73 Å². The number of H-pyrrole nitrogens is 1. The average Bonchev–Trinajstić information content (AvgIpc) is 2.50. The molecule has 0 aliphatic carbocycles. The molecule has 0 fully saturated rings. The number of aromatic nitrogens is 2. The van der Waals surface area contributed by atoms with Crippen LogP contribution in [0.15, 0.2) is 12.1 Å². The lowest BCUT2D eigenvalue weighted by atomic mass is 10.1. The molecule has 0 radical (unpaired) electrons. The highest BCUT2D eigenvalue weighted by Crippen LogP contribution is 2.22. The highest BCUT2D eigenvalue weighted by molar-refractivity contribution is 5.87. The van der Waals surface area contributed by atoms with E-state index in [2.05, 4.69) is 23.2 Å². The number of hydrogen-bond acceptors (Lipinski definition) is 2. The fourth-order valence-electron chi connectivity index (χ4n) is 1.70. The van der Waals surface area contributed by atoms with Gasteiger partial charge in [-0.2, -0.15) is 5.10 Å². The standard InChI is InChI=1S/C10H13N3/c1-6-3-4-8(5-11)10-9(6)7(2)12-13-10/h3-4H,5,11H2,1-2H3,(H,12,13). The van der Waals surface area contributed by atoms with Crippen molar-refractivity contribution < 1.29 is 0 Å². The number of fused-ring (bicyclic) bond motifs is 1. The first-order valence-corrected chi connectivity index (χ1v) is 4.37. The molecule has 13 heavy (non-hydrogen) atoms. The van der Waals surface area contributed by atoms with E-state index in [-0.39, 0.29) is 0 Å². The Balaban J connectivity index is 2.87. The second kappa shape index (κ2) is 2.85. The molecular formula is C10H13N3. The van der Waals surface area contributed by atoms with Gasteiger partial charge in [0.2, 0.25) is 0 Å². The quantitative estimate of drug-likeness (QED) is 0.692. The topological polar surface area (TPSA) is 54.7 Å². The molecule has 0 amide bonds. The summed E-state index contributed by atoms with van der Waals surface area (Å²) in [6.07, 6.45) is 0. The van der Waals surface area contributed by atoms with E-state index >= 15 is 0 Å². The summed E-state index contributed by atoms with van der Waals surface area (Å²) in [4.78, 5) is 0. The third kappa shape index (κ3) is 1.12. The first-order chi connectivity index (χ1) is 6.24. The van der Waals surface area contributed by atoms with Crippen LogP contribution in [0.2, 0.25) is 0 Å². The van der Waals surface area contributed by atoms with Crippen LogP contribution in [0.4, 0.5) is 0 Å². The highest BCUT2D eigenvalue weighted by atomic mass is 15.1. The van der Waals surface area contributed by atoms with Gasteiger partial charge in [-0.25, -0.2) is 0 Å². The molecule has 2 rings (SSSR count). The number of nitrogens with zero attached hydrogens (tertiary/aromatic N) is 1. The largest absolute Gasteiger partial charge is 0.326 e. The van der Waals surface area contributed by atoms with Crippen molar-refractivity contribution in [2.75, 3.05) is 0 Å². The summed E-state index contributed by atoms with van der Waals surface area (Å²) in [6, 6.07) is 4.13. The molecule has 0 saturated heterocycles. The van der Waals surface area contributed by atoms with Gasteiger partial charge in [0.1, 0.15) is 0 Å². The van der Waals surface area contributed by atoms with Gasteiger partial charge in [-0.05, 0) is 25.0 Å². The molecule has 0 bridgehead atoms. The van der Waals surface area contributed by atoms with E-state index in [1.807, 2.05) is 13.0 Å². The predicted octanol–water partition coefficient (Wildman–Crippen LogP) is 1.64. The fraction of sp³-hybridized carbons (Fsp3) is 0.300. The number of hydrogen-bond donors (Lipinski definition) is 2. The molecule has 68 valence electrons. The summed E-state index contributed by atoms with van der Waals surface area (Å²) in [5, 5.41) is 8.44. The van der Waals surface area contributed by atoms with Gasteiger partial charge in [-0.1, -0.05) is 12.1 Å². The molecule has 0 saturated carbocycles. The van der Waals surface area contributed by atoms with E-state index < -0.39 is 0 Å². The average molecular weight is 175 g/mol. The van der Waals surface area contributed by atoms with Crippen molar-refractivity contribution in [3.8, 4) is 0 Å². The predicted molar refractivity (Wildman–Crippen MR) is 53.5 cm³/mol. The molecular weight excluding hydrogens is 162 g/mol. The van der Waals surface area contributed by atoms with Gasteiger partial charge < -0.3 is 5.73 Å². The Morgan fingerprint density at radius 1 is 1.38 bits per heavy atom. The van der Waals surface area contributed by atoms with Crippen LogP contribution in [-0.2, 0) is 6.54 Å². The molecule has 0 atom stereocenters. The van der Waals surface area contributed by atoms with Gasteiger partial charge in [0.15, 0.2) is 0 Å². The summed E-state index contributed by atoms with van der Waals surface area (Å²) in [6.45, 7) is 4.66. The summed E-state index contributed by atoms with van der Waals surface area (Å²) >= 11 is 0. The van der Waals surface area contributed by atoms with E-state index in [0.717, 1.165) is 16.8 Å². The number of aromatic amines is 1. The Morgan fingerprint density at radius 3 is 2.85 bits per heavy atom. The molecule has 3 nitrogen and oxygen atoms in total. The summed E-state index contributed by atoms with van der Waals surface area (Å²) in [5.74, 6) is 0. The van der Waals surface area contributed by atoms with Crippen LogP contribution in [0.1, 0.15) is 16.8 Å². The first kappa shape index (κ1) is 8.26. The van der Waals surface area contributed by atoms with Crippen molar-refractivity contribution in [2.24, 2.45) is 5.73 Å². The Bertz CT molecular complexity index is 443. The van der Waals surface area contributed by atoms with Crippen LogP contribution >= 0.6 is 0 Å². The molecule has 1 aromatic heterocycles. The minimum Gasteiger partial charge on any atom is -0.326 e. The van der Waals surface area contributed by atoms with Crippen LogP contribution in [0.5, 0.6) is 0 Å². The normalized spacial score (nSPS) is 11.0. The zero-order chi connectivity index (χ0) is 9.42. The van der Waals surface area contributed by atoms with E-state index in [1.165, 1.54) is 10.9 Å². The SMILES string of the molecule is Cc1ccc(CN)c2n[nH]c(C)c12. The maximum absolute atomic E-state index is 5.62. The van der Waals surface area contributed by atoms with Gasteiger partial charge in [0.05, 0.1) is 5.52 Å². The lowest BCUT2D eigenvalue weighted by Crippen LogP contribution is -1.97. The van der Waals surface area contributed by atoms with Crippen molar-refractivity contribution >= 4 is 10.9 Å². The Kier molecular flexibility index (Phi) is 1.81. The Hall–Kier alpha value is -1.35. The lowest BCUT2D eigenvalue weighted by molar-refractivity contribution is 1.04. The monoisotopic (exact) mass is 175 g/mol. The van der Waals surface area contributed by atoms with Crippen LogP contribution in [0, 0.1) is 13.8 Å². The minimum absolute atomic E-state index is 0.543. The molecule has 0 aliphatic heterocycles. The van der Waals surface area contributed by atoms with Crippen molar-refractivity contribution in [3.63, 3.8) is 0 Å². The Labute approximate surface area is 76.9 Å². The number of nitrogens with one attached hydrogen (secondary N) is 1. The molecule has 0 aliphatic rings. The molecule has 0 unspecified atom stereocenters. The van der Waals surface area contributed by atoms with Gasteiger partial charge in [-0.15, -0.1) is 0 Å². The molecule has 0 spiro atoms. The first-order valence-electron chi connectivity index (χ1n) is 4.37. The van der Waals surface area contributed by atoms with Crippen molar-refractivity contribution in [1.82, 2.24) is 10.2 Å². The number of benzene rings is 1. The highest BCUT2D eigenvalue weighted by Gasteiger charge is 2.07. The van der Waals surface area contributed by atoms with Crippen LogP contribution < -0.4 is 5.73 Å². The van der Waals surface area contributed by atoms with Crippen molar-refractivity contribution in [2.45, 2.75) is 20.4 Å². The minimum atomic E-state index is 0.543. The van der Waals surface area contributed by atoms with E-state index in [0.29, 0.717) is 6.54 Å². The summed E-state index contributed by atoms with van der Waals surface area (Å²) < 4.78 is 0. The number of rotatable bonds is 1.